The summed E-state index contributed by atoms with van der Waals surface area (Å²) in [7, 11) is 0. The zero-order valence-corrected chi connectivity index (χ0v) is 15.2. The molecule has 2 aliphatic rings. The van der Waals surface area contributed by atoms with Gasteiger partial charge >= 0.3 is 0 Å². The Morgan fingerprint density at radius 3 is 2.56 bits per heavy atom. The van der Waals surface area contributed by atoms with Gasteiger partial charge in [0.2, 0.25) is 6.10 Å². The van der Waals surface area contributed by atoms with Gasteiger partial charge < -0.3 is 19.7 Å². The van der Waals surface area contributed by atoms with Crippen LogP contribution in [0.3, 0.4) is 0 Å². The van der Waals surface area contributed by atoms with E-state index in [0.29, 0.717) is 22.7 Å². The summed E-state index contributed by atoms with van der Waals surface area (Å²) < 4.78 is 11.4. The topological polar surface area (TPSA) is 67.9 Å². The van der Waals surface area contributed by atoms with Crippen LogP contribution in [0.4, 0.5) is 5.69 Å². The van der Waals surface area contributed by atoms with E-state index in [2.05, 4.69) is 5.32 Å². The molecule has 2 aliphatic heterocycles. The second kappa shape index (κ2) is 7.31. The number of fused-ring (bicyclic) bond motifs is 1. The third-order valence-electron chi connectivity index (χ3n) is 5.02. The Kier molecular flexibility index (Phi) is 4.71. The number of para-hydroxylation sites is 2. The number of hydrogen-bond acceptors (Lipinski definition) is 4. The first-order chi connectivity index (χ1) is 13.1. The quantitative estimate of drug-likeness (QED) is 0.907. The summed E-state index contributed by atoms with van der Waals surface area (Å²) in [6, 6.07) is 12.7. The molecule has 6 nitrogen and oxygen atoms in total. The van der Waals surface area contributed by atoms with Crippen LogP contribution in [0.15, 0.2) is 42.5 Å². The molecule has 2 aromatic carbocycles. The Balaban J connectivity index is 1.49. The molecule has 2 aromatic rings. The van der Waals surface area contributed by atoms with Crippen molar-refractivity contribution in [3.05, 3.63) is 53.6 Å². The van der Waals surface area contributed by atoms with Crippen LogP contribution in [-0.4, -0.2) is 42.5 Å². The van der Waals surface area contributed by atoms with Crippen LogP contribution in [0.1, 0.15) is 28.8 Å². The number of likely N-dealkylation sites (tertiary alicyclic amines) is 1. The predicted octanol–water partition coefficient (Wildman–Crippen LogP) is 3.01. The molecule has 27 heavy (non-hydrogen) atoms. The van der Waals surface area contributed by atoms with Crippen molar-refractivity contribution in [3.8, 4) is 11.5 Å². The molecule has 1 fully saturated rings. The van der Waals surface area contributed by atoms with Crippen LogP contribution in [0.5, 0.6) is 11.5 Å². The van der Waals surface area contributed by atoms with Crippen LogP contribution < -0.4 is 14.8 Å². The van der Waals surface area contributed by atoms with Crippen molar-refractivity contribution in [3.63, 3.8) is 0 Å². The number of hydrogen-bond donors (Lipinski definition) is 1. The van der Waals surface area contributed by atoms with Crippen molar-refractivity contribution in [2.24, 2.45) is 0 Å². The summed E-state index contributed by atoms with van der Waals surface area (Å²) in [5.74, 6) is 0.917. The fourth-order valence-electron chi connectivity index (χ4n) is 3.46. The van der Waals surface area contributed by atoms with Gasteiger partial charge in [-0.15, -0.1) is 0 Å². The van der Waals surface area contributed by atoms with Gasteiger partial charge in [-0.05, 0) is 49.6 Å². The number of nitrogens with zero attached hydrogens (tertiary/aromatic N) is 1. The van der Waals surface area contributed by atoms with Crippen LogP contribution in [0, 0.1) is 6.92 Å². The average Bonchev–Trinajstić information content (AvgIpc) is 3.23. The SMILES string of the molecule is Cc1c(NC(=O)[C@H]2COc3ccccc3O2)cccc1C(=O)N1CCCC1. The zero-order valence-electron chi connectivity index (χ0n) is 15.2. The summed E-state index contributed by atoms with van der Waals surface area (Å²) in [4.78, 5) is 27.2. The summed E-state index contributed by atoms with van der Waals surface area (Å²) in [5, 5.41) is 2.88. The highest BCUT2D eigenvalue weighted by molar-refractivity contribution is 6.00. The molecule has 0 aromatic heterocycles. The number of nitrogens with one attached hydrogen (secondary N) is 1. The second-order valence-corrected chi connectivity index (χ2v) is 6.83. The lowest BCUT2D eigenvalue weighted by Crippen LogP contribution is -2.40. The average molecular weight is 366 g/mol. The Labute approximate surface area is 158 Å². The number of benzene rings is 2. The van der Waals surface area contributed by atoms with Gasteiger partial charge in [0.15, 0.2) is 11.5 Å². The van der Waals surface area contributed by atoms with E-state index in [1.165, 1.54) is 0 Å². The number of carbonyl (C=O) groups excluding carboxylic acids is 2. The molecule has 1 atom stereocenters. The zero-order chi connectivity index (χ0) is 18.8. The molecule has 6 heteroatoms. The minimum Gasteiger partial charge on any atom is -0.485 e. The van der Waals surface area contributed by atoms with Crippen molar-refractivity contribution in [2.45, 2.75) is 25.9 Å². The molecule has 1 N–H and O–H groups in total. The molecule has 140 valence electrons. The number of ether oxygens (including phenoxy) is 2. The Morgan fingerprint density at radius 2 is 1.78 bits per heavy atom. The van der Waals surface area contributed by atoms with E-state index >= 15 is 0 Å². The van der Waals surface area contributed by atoms with Gasteiger partial charge in [0.05, 0.1) is 0 Å². The van der Waals surface area contributed by atoms with Crippen molar-refractivity contribution >= 4 is 17.5 Å². The van der Waals surface area contributed by atoms with Gasteiger partial charge in [0, 0.05) is 24.3 Å². The predicted molar refractivity (Wildman–Crippen MR) is 101 cm³/mol. The number of carbonyl (C=O) groups is 2. The molecule has 0 unspecified atom stereocenters. The summed E-state index contributed by atoms with van der Waals surface area (Å²) in [6.45, 7) is 3.59. The van der Waals surface area contributed by atoms with E-state index < -0.39 is 6.10 Å². The van der Waals surface area contributed by atoms with E-state index in [1.807, 2.05) is 30.0 Å². The fourth-order valence-corrected chi connectivity index (χ4v) is 3.46. The van der Waals surface area contributed by atoms with Crippen LogP contribution in [0.2, 0.25) is 0 Å². The highest BCUT2D eigenvalue weighted by Gasteiger charge is 2.28. The van der Waals surface area contributed by atoms with Crippen LogP contribution in [-0.2, 0) is 4.79 Å². The molecule has 0 spiro atoms. The van der Waals surface area contributed by atoms with Crippen molar-refractivity contribution in [1.82, 2.24) is 4.90 Å². The third-order valence-corrected chi connectivity index (χ3v) is 5.02. The van der Waals surface area contributed by atoms with Gasteiger partial charge in [-0.2, -0.15) is 0 Å². The maximum absolute atomic E-state index is 12.7. The van der Waals surface area contributed by atoms with Crippen molar-refractivity contribution in [2.75, 3.05) is 25.0 Å². The number of anilines is 1. The van der Waals surface area contributed by atoms with Crippen LogP contribution in [0.25, 0.3) is 0 Å². The van der Waals surface area contributed by atoms with E-state index in [-0.39, 0.29) is 18.4 Å². The van der Waals surface area contributed by atoms with Crippen molar-refractivity contribution < 1.29 is 19.1 Å². The van der Waals surface area contributed by atoms with Crippen molar-refractivity contribution in [1.29, 1.82) is 0 Å². The summed E-state index contributed by atoms with van der Waals surface area (Å²) in [6.07, 6.45) is 1.35. The summed E-state index contributed by atoms with van der Waals surface area (Å²) >= 11 is 0. The molecule has 1 saturated heterocycles. The maximum Gasteiger partial charge on any atom is 0.269 e. The molecular weight excluding hydrogens is 344 g/mol. The van der Waals surface area contributed by atoms with Gasteiger partial charge in [-0.3, -0.25) is 9.59 Å². The van der Waals surface area contributed by atoms with Gasteiger partial charge in [-0.25, -0.2) is 0 Å². The van der Waals surface area contributed by atoms with E-state index in [4.69, 9.17) is 9.47 Å². The number of rotatable bonds is 3. The Morgan fingerprint density at radius 1 is 1.04 bits per heavy atom. The van der Waals surface area contributed by atoms with Gasteiger partial charge in [0.1, 0.15) is 6.61 Å². The lowest BCUT2D eigenvalue weighted by atomic mass is 10.1. The first-order valence-corrected chi connectivity index (χ1v) is 9.22. The molecule has 0 saturated carbocycles. The number of amides is 2. The monoisotopic (exact) mass is 366 g/mol. The van der Waals surface area contributed by atoms with E-state index in [9.17, 15) is 9.59 Å². The first kappa shape index (κ1) is 17.4. The maximum atomic E-state index is 12.7. The standard InChI is InChI=1S/C21H22N2O4/c1-14-15(21(25)23-11-4-5-12-23)7-6-8-16(14)22-20(24)19-13-26-17-9-2-3-10-18(17)27-19/h2-3,6-10,19H,4-5,11-13H2,1H3,(H,22,24)/t19-/m1/s1. The molecule has 4 rings (SSSR count). The smallest absolute Gasteiger partial charge is 0.269 e. The minimum atomic E-state index is -0.739. The van der Waals surface area contributed by atoms with Gasteiger partial charge in [0.25, 0.3) is 11.8 Å². The fraction of sp³-hybridized carbons (Fsp3) is 0.333. The third kappa shape index (κ3) is 3.47. The largest absolute Gasteiger partial charge is 0.485 e. The summed E-state index contributed by atoms with van der Waals surface area (Å²) in [5.41, 5.74) is 2.01. The molecule has 2 heterocycles. The molecular formula is C21H22N2O4. The molecule has 0 bridgehead atoms. The second-order valence-electron chi connectivity index (χ2n) is 6.83. The highest BCUT2D eigenvalue weighted by Crippen LogP contribution is 2.31. The lowest BCUT2D eigenvalue weighted by molar-refractivity contribution is -0.125. The van der Waals surface area contributed by atoms with E-state index in [1.54, 1.807) is 24.3 Å². The normalized spacial score (nSPS) is 18.3. The molecule has 0 aliphatic carbocycles. The Bertz CT molecular complexity index is 874. The highest BCUT2D eigenvalue weighted by atomic mass is 16.6. The molecule has 0 radical (unpaired) electrons. The van der Waals surface area contributed by atoms with E-state index in [0.717, 1.165) is 31.5 Å². The molecule has 2 amide bonds. The van der Waals surface area contributed by atoms with Gasteiger partial charge in [-0.1, -0.05) is 18.2 Å². The van der Waals surface area contributed by atoms with Crippen LogP contribution >= 0.6 is 0 Å². The first-order valence-electron chi connectivity index (χ1n) is 9.22. The lowest BCUT2D eigenvalue weighted by Gasteiger charge is -2.26. The minimum absolute atomic E-state index is 0.0206. The Hall–Kier alpha value is -3.02.